The summed E-state index contributed by atoms with van der Waals surface area (Å²) in [4.78, 5) is 2.50. The van der Waals surface area contributed by atoms with Gasteiger partial charge in [-0.05, 0) is 45.4 Å². The van der Waals surface area contributed by atoms with E-state index < -0.39 is 0 Å². The summed E-state index contributed by atoms with van der Waals surface area (Å²) >= 11 is 0. The summed E-state index contributed by atoms with van der Waals surface area (Å²) in [6, 6.07) is 8.33. The fourth-order valence-electron chi connectivity index (χ4n) is 2.79. The minimum absolute atomic E-state index is 0.149. The van der Waals surface area contributed by atoms with Crippen molar-refractivity contribution in [2.24, 2.45) is 0 Å². The Hall–Kier alpha value is -1.10. The van der Waals surface area contributed by atoms with Gasteiger partial charge in [0.15, 0.2) is 0 Å². The molecule has 0 saturated carbocycles. The Labute approximate surface area is 134 Å². The zero-order valence-electron chi connectivity index (χ0n) is 14.4. The van der Waals surface area contributed by atoms with Crippen LogP contribution in [-0.4, -0.2) is 49.4 Å². The number of morpholine rings is 1. The van der Waals surface area contributed by atoms with E-state index in [1.165, 1.54) is 5.56 Å². The Morgan fingerprint density at radius 3 is 2.68 bits per heavy atom. The molecule has 0 amide bonds. The number of hydrogen-bond donors (Lipinski definition) is 1. The van der Waals surface area contributed by atoms with Crippen LogP contribution in [0.2, 0.25) is 0 Å². The molecule has 4 heteroatoms. The highest BCUT2D eigenvalue weighted by molar-refractivity contribution is 5.28. The average Bonchev–Trinajstić information content (AvgIpc) is 2.48. The van der Waals surface area contributed by atoms with Crippen LogP contribution in [-0.2, 0) is 11.3 Å². The number of nitrogens with one attached hydrogen (secondary N) is 1. The fraction of sp³-hybridized carbons (Fsp3) is 0.667. The van der Waals surface area contributed by atoms with E-state index in [0.717, 1.165) is 45.1 Å². The molecule has 1 saturated heterocycles. The molecule has 4 nitrogen and oxygen atoms in total. The molecule has 0 radical (unpaired) electrons. The van der Waals surface area contributed by atoms with Crippen molar-refractivity contribution in [1.29, 1.82) is 0 Å². The molecule has 1 aromatic carbocycles. The maximum atomic E-state index is 5.75. The summed E-state index contributed by atoms with van der Waals surface area (Å²) in [7, 11) is 0. The van der Waals surface area contributed by atoms with Gasteiger partial charge in [-0.15, -0.1) is 0 Å². The number of nitrogens with zero attached hydrogens (tertiary/aromatic N) is 1. The Morgan fingerprint density at radius 2 is 2.00 bits per heavy atom. The molecule has 1 heterocycles. The first-order valence-electron chi connectivity index (χ1n) is 8.26. The molecule has 0 bridgehead atoms. The van der Waals surface area contributed by atoms with E-state index in [-0.39, 0.29) is 11.6 Å². The largest absolute Gasteiger partial charge is 0.491 e. The SMILES string of the molecule is CC(C)Oc1cccc(CNCC(C)(C)N2CCOCC2)c1. The van der Waals surface area contributed by atoms with Crippen molar-refractivity contribution in [2.45, 2.75) is 45.9 Å². The lowest BCUT2D eigenvalue weighted by atomic mass is 10.0. The maximum Gasteiger partial charge on any atom is 0.120 e. The van der Waals surface area contributed by atoms with Gasteiger partial charge in [0.05, 0.1) is 19.3 Å². The topological polar surface area (TPSA) is 33.7 Å². The van der Waals surface area contributed by atoms with Crippen LogP contribution in [0.25, 0.3) is 0 Å². The average molecular weight is 306 g/mol. The van der Waals surface area contributed by atoms with Crippen molar-refractivity contribution in [1.82, 2.24) is 10.2 Å². The van der Waals surface area contributed by atoms with Crippen LogP contribution >= 0.6 is 0 Å². The number of rotatable bonds is 7. The van der Waals surface area contributed by atoms with Gasteiger partial charge in [0.25, 0.3) is 0 Å². The van der Waals surface area contributed by atoms with E-state index in [2.05, 4.69) is 56.1 Å². The van der Waals surface area contributed by atoms with E-state index in [9.17, 15) is 0 Å². The second-order valence-electron chi connectivity index (χ2n) is 6.83. The molecular formula is C18H30N2O2. The zero-order chi connectivity index (χ0) is 16.0. The molecule has 1 N–H and O–H groups in total. The third kappa shape index (κ3) is 5.27. The van der Waals surface area contributed by atoms with Crippen molar-refractivity contribution in [2.75, 3.05) is 32.8 Å². The molecule has 0 spiro atoms. The monoisotopic (exact) mass is 306 g/mol. The molecule has 1 fully saturated rings. The molecule has 1 aromatic rings. The van der Waals surface area contributed by atoms with Crippen LogP contribution in [0.5, 0.6) is 5.75 Å². The molecule has 0 unspecified atom stereocenters. The lowest BCUT2D eigenvalue weighted by molar-refractivity contribution is -0.00967. The Balaban J connectivity index is 1.82. The van der Waals surface area contributed by atoms with Crippen LogP contribution in [0, 0.1) is 0 Å². The first kappa shape index (κ1) is 17.3. The second-order valence-corrected chi connectivity index (χ2v) is 6.83. The van der Waals surface area contributed by atoms with Crippen molar-refractivity contribution < 1.29 is 9.47 Å². The molecule has 124 valence electrons. The van der Waals surface area contributed by atoms with Gasteiger partial charge in [0.1, 0.15) is 5.75 Å². The van der Waals surface area contributed by atoms with Gasteiger partial charge in [-0.3, -0.25) is 4.90 Å². The normalized spacial score (nSPS) is 17.0. The molecular weight excluding hydrogens is 276 g/mol. The molecule has 1 aliphatic rings. The van der Waals surface area contributed by atoms with Gasteiger partial charge in [-0.1, -0.05) is 12.1 Å². The van der Waals surface area contributed by atoms with Gasteiger partial charge >= 0.3 is 0 Å². The lowest BCUT2D eigenvalue weighted by Crippen LogP contribution is -2.54. The van der Waals surface area contributed by atoms with Crippen LogP contribution < -0.4 is 10.1 Å². The van der Waals surface area contributed by atoms with Gasteiger partial charge in [0.2, 0.25) is 0 Å². The van der Waals surface area contributed by atoms with E-state index in [1.807, 2.05) is 6.07 Å². The number of hydrogen-bond acceptors (Lipinski definition) is 4. The Kier molecular flexibility index (Phi) is 6.24. The highest BCUT2D eigenvalue weighted by atomic mass is 16.5. The number of ether oxygens (including phenoxy) is 2. The Bertz CT molecular complexity index is 454. The second kappa shape index (κ2) is 7.95. The molecule has 0 aromatic heterocycles. The molecule has 0 aliphatic carbocycles. The summed E-state index contributed by atoms with van der Waals surface area (Å²) in [5.41, 5.74) is 1.41. The van der Waals surface area contributed by atoms with Crippen molar-refractivity contribution in [3.8, 4) is 5.75 Å². The van der Waals surface area contributed by atoms with E-state index >= 15 is 0 Å². The molecule has 0 atom stereocenters. The highest BCUT2D eigenvalue weighted by Crippen LogP contribution is 2.17. The first-order chi connectivity index (χ1) is 10.5. The van der Waals surface area contributed by atoms with E-state index in [1.54, 1.807) is 0 Å². The fourth-order valence-corrected chi connectivity index (χ4v) is 2.79. The van der Waals surface area contributed by atoms with Gasteiger partial charge in [-0.2, -0.15) is 0 Å². The van der Waals surface area contributed by atoms with Crippen molar-refractivity contribution in [3.05, 3.63) is 29.8 Å². The Morgan fingerprint density at radius 1 is 1.27 bits per heavy atom. The minimum atomic E-state index is 0.149. The van der Waals surface area contributed by atoms with Gasteiger partial charge < -0.3 is 14.8 Å². The maximum absolute atomic E-state index is 5.75. The summed E-state index contributed by atoms with van der Waals surface area (Å²) in [6.07, 6.45) is 0.212. The van der Waals surface area contributed by atoms with E-state index in [0.29, 0.717) is 0 Å². The highest BCUT2D eigenvalue weighted by Gasteiger charge is 2.27. The number of benzene rings is 1. The third-order valence-electron chi connectivity index (χ3n) is 4.02. The molecule has 1 aliphatic heterocycles. The van der Waals surface area contributed by atoms with Crippen LogP contribution in [0.15, 0.2) is 24.3 Å². The summed E-state index contributed by atoms with van der Waals surface area (Å²) < 4.78 is 11.2. The van der Waals surface area contributed by atoms with Crippen molar-refractivity contribution >= 4 is 0 Å². The van der Waals surface area contributed by atoms with Crippen LogP contribution in [0.4, 0.5) is 0 Å². The molecule has 2 rings (SSSR count). The predicted molar refractivity (Wildman–Crippen MR) is 90.4 cm³/mol. The zero-order valence-corrected chi connectivity index (χ0v) is 14.4. The first-order valence-corrected chi connectivity index (χ1v) is 8.26. The lowest BCUT2D eigenvalue weighted by Gasteiger charge is -2.41. The third-order valence-corrected chi connectivity index (χ3v) is 4.02. The minimum Gasteiger partial charge on any atom is -0.491 e. The molecule has 22 heavy (non-hydrogen) atoms. The predicted octanol–water partition coefficient (Wildman–Crippen LogP) is 2.67. The van der Waals surface area contributed by atoms with E-state index in [4.69, 9.17) is 9.47 Å². The smallest absolute Gasteiger partial charge is 0.120 e. The standard InChI is InChI=1S/C18H30N2O2/c1-15(2)22-17-7-5-6-16(12-17)13-19-14-18(3,4)20-8-10-21-11-9-20/h5-7,12,15,19H,8-11,13-14H2,1-4H3. The van der Waals surface area contributed by atoms with Crippen LogP contribution in [0.3, 0.4) is 0 Å². The van der Waals surface area contributed by atoms with Gasteiger partial charge in [0, 0.05) is 31.7 Å². The quantitative estimate of drug-likeness (QED) is 0.840. The summed E-state index contributed by atoms with van der Waals surface area (Å²) in [5.74, 6) is 0.946. The van der Waals surface area contributed by atoms with Gasteiger partial charge in [-0.25, -0.2) is 0 Å². The summed E-state index contributed by atoms with van der Waals surface area (Å²) in [5, 5.41) is 3.58. The van der Waals surface area contributed by atoms with Crippen molar-refractivity contribution in [3.63, 3.8) is 0 Å². The van der Waals surface area contributed by atoms with Crippen LogP contribution in [0.1, 0.15) is 33.3 Å². The summed E-state index contributed by atoms with van der Waals surface area (Å²) in [6.45, 7) is 14.2.